The van der Waals surface area contributed by atoms with Gasteiger partial charge in [0.2, 0.25) is 0 Å². The molecule has 0 saturated heterocycles. The van der Waals surface area contributed by atoms with Crippen LogP contribution in [0.2, 0.25) is 0 Å². The normalized spacial score (nSPS) is 20.2. The SMILES string of the molecule is CCCCCCCCCCCOC(=O)C1CCCCC1C(=O)[O-].[Na+]. The van der Waals surface area contributed by atoms with Crippen LogP contribution in [0, 0.1) is 11.8 Å². The summed E-state index contributed by atoms with van der Waals surface area (Å²) in [4.78, 5) is 23.1. The fourth-order valence-corrected chi connectivity index (χ4v) is 3.39. The zero-order valence-corrected chi connectivity index (χ0v) is 17.7. The van der Waals surface area contributed by atoms with E-state index in [0.29, 0.717) is 19.4 Å². The third-order valence-electron chi connectivity index (χ3n) is 4.86. The molecule has 0 heterocycles. The van der Waals surface area contributed by atoms with Crippen LogP contribution in [0.15, 0.2) is 0 Å². The van der Waals surface area contributed by atoms with Crippen LogP contribution in [-0.4, -0.2) is 18.5 Å². The quantitative estimate of drug-likeness (QED) is 0.295. The van der Waals surface area contributed by atoms with Gasteiger partial charge < -0.3 is 14.6 Å². The fraction of sp³-hybridized carbons (Fsp3) is 0.895. The third-order valence-corrected chi connectivity index (χ3v) is 4.86. The fourth-order valence-electron chi connectivity index (χ4n) is 3.39. The van der Waals surface area contributed by atoms with Gasteiger partial charge in [0.05, 0.1) is 12.5 Å². The van der Waals surface area contributed by atoms with E-state index in [-0.39, 0.29) is 35.5 Å². The molecular weight excluding hydrogens is 315 g/mol. The summed E-state index contributed by atoms with van der Waals surface area (Å²) in [7, 11) is 0. The van der Waals surface area contributed by atoms with Gasteiger partial charge in [-0.25, -0.2) is 0 Å². The molecule has 0 amide bonds. The van der Waals surface area contributed by atoms with E-state index in [9.17, 15) is 14.7 Å². The van der Waals surface area contributed by atoms with Crippen LogP contribution < -0.4 is 34.7 Å². The summed E-state index contributed by atoms with van der Waals surface area (Å²) in [5.74, 6) is -2.58. The van der Waals surface area contributed by atoms with Crippen molar-refractivity contribution >= 4 is 11.9 Å². The number of carboxylic acid groups (broad SMARTS) is 1. The first kappa shape index (κ1) is 23.9. The number of esters is 1. The van der Waals surface area contributed by atoms with Crippen molar-refractivity contribution in [2.75, 3.05) is 6.61 Å². The number of carbonyl (C=O) groups is 2. The van der Waals surface area contributed by atoms with Gasteiger partial charge in [-0.2, -0.15) is 0 Å². The second-order valence-electron chi connectivity index (χ2n) is 6.81. The number of ether oxygens (including phenoxy) is 1. The molecule has 0 N–H and O–H groups in total. The van der Waals surface area contributed by atoms with Crippen molar-refractivity contribution in [3.63, 3.8) is 0 Å². The van der Waals surface area contributed by atoms with Crippen molar-refractivity contribution in [2.24, 2.45) is 11.8 Å². The minimum Gasteiger partial charge on any atom is -0.550 e. The van der Waals surface area contributed by atoms with Crippen molar-refractivity contribution in [3.05, 3.63) is 0 Å². The molecule has 1 aliphatic rings. The number of hydrogen-bond acceptors (Lipinski definition) is 4. The Morgan fingerprint density at radius 2 is 1.38 bits per heavy atom. The van der Waals surface area contributed by atoms with Gasteiger partial charge in [-0.1, -0.05) is 71.1 Å². The average molecular weight is 348 g/mol. The topological polar surface area (TPSA) is 66.4 Å². The summed E-state index contributed by atoms with van der Waals surface area (Å²) in [6, 6.07) is 0. The van der Waals surface area contributed by atoms with E-state index < -0.39 is 17.8 Å². The van der Waals surface area contributed by atoms with Gasteiger partial charge in [0.1, 0.15) is 0 Å². The molecule has 2 atom stereocenters. The Labute approximate surface area is 169 Å². The van der Waals surface area contributed by atoms with Gasteiger partial charge in [-0.15, -0.1) is 0 Å². The molecule has 0 aromatic carbocycles. The minimum atomic E-state index is -1.10. The van der Waals surface area contributed by atoms with E-state index >= 15 is 0 Å². The molecule has 5 heteroatoms. The van der Waals surface area contributed by atoms with E-state index in [2.05, 4.69) is 6.92 Å². The maximum absolute atomic E-state index is 12.0. The molecule has 1 fully saturated rings. The second kappa shape index (κ2) is 15.2. The first-order valence-electron chi connectivity index (χ1n) is 9.54. The zero-order valence-electron chi connectivity index (χ0n) is 15.7. The van der Waals surface area contributed by atoms with Gasteiger partial charge in [-0.05, 0) is 19.3 Å². The summed E-state index contributed by atoms with van der Waals surface area (Å²) >= 11 is 0. The standard InChI is InChI=1S/C19H34O4.Na/c1-2-3-4-5-6-7-8-9-12-15-23-19(22)17-14-11-10-13-16(17)18(20)21;/h16-17H,2-15H2,1H3,(H,20,21);/q;+1/p-1. The van der Waals surface area contributed by atoms with Crippen LogP contribution in [0.3, 0.4) is 0 Å². The molecule has 0 aromatic rings. The van der Waals surface area contributed by atoms with Crippen molar-refractivity contribution in [2.45, 2.75) is 90.4 Å². The van der Waals surface area contributed by atoms with Gasteiger partial charge in [0.15, 0.2) is 0 Å². The Morgan fingerprint density at radius 3 is 1.92 bits per heavy atom. The van der Waals surface area contributed by atoms with Gasteiger partial charge >= 0.3 is 35.5 Å². The first-order chi connectivity index (χ1) is 11.2. The number of unbranched alkanes of at least 4 members (excludes halogenated alkanes) is 8. The third kappa shape index (κ3) is 10.0. The molecule has 0 bridgehead atoms. The number of carboxylic acids is 1. The van der Waals surface area contributed by atoms with E-state index in [0.717, 1.165) is 25.7 Å². The molecule has 134 valence electrons. The predicted octanol–water partition coefficient (Wildman–Crippen LogP) is 0.621. The smallest absolute Gasteiger partial charge is 0.550 e. The van der Waals surface area contributed by atoms with E-state index in [1.807, 2.05) is 0 Å². The molecule has 4 nitrogen and oxygen atoms in total. The maximum atomic E-state index is 12.0. The van der Waals surface area contributed by atoms with Gasteiger partial charge in [-0.3, -0.25) is 4.79 Å². The van der Waals surface area contributed by atoms with Crippen LogP contribution >= 0.6 is 0 Å². The van der Waals surface area contributed by atoms with Crippen molar-refractivity contribution in [3.8, 4) is 0 Å². The van der Waals surface area contributed by atoms with Crippen molar-refractivity contribution < 1.29 is 49.0 Å². The summed E-state index contributed by atoms with van der Waals surface area (Å²) in [5, 5.41) is 11.1. The van der Waals surface area contributed by atoms with Crippen LogP contribution in [0.5, 0.6) is 0 Å². The molecule has 1 saturated carbocycles. The number of hydrogen-bond donors (Lipinski definition) is 0. The van der Waals surface area contributed by atoms with E-state index in [4.69, 9.17) is 4.74 Å². The molecule has 0 radical (unpaired) electrons. The monoisotopic (exact) mass is 348 g/mol. The van der Waals surface area contributed by atoms with Gasteiger partial charge in [0, 0.05) is 11.9 Å². The molecule has 0 aromatic heterocycles. The van der Waals surface area contributed by atoms with E-state index in [1.54, 1.807) is 0 Å². The second-order valence-corrected chi connectivity index (χ2v) is 6.81. The Bertz CT molecular complexity index is 346. The van der Waals surface area contributed by atoms with Crippen molar-refractivity contribution in [1.82, 2.24) is 0 Å². The Kier molecular flexibility index (Phi) is 15.2. The molecule has 24 heavy (non-hydrogen) atoms. The average Bonchev–Trinajstić information content (AvgIpc) is 2.56. The van der Waals surface area contributed by atoms with Crippen LogP contribution in [0.4, 0.5) is 0 Å². The minimum absolute atomic E-state index is 0. The number of aliphatic carboxylic acids is 1. The summed E-state index contributed by atoms with van der Waals surface area (Å²) in [5.41, 5.74) is 0. The van der Waals surface area contributed by atoms with E-state index in [1.165, 1.54) is 44.9 Å². The Balaban J connectivity index is 0.00000529. The zero-order chi connectivity index (χ0) is 16.9. The Morgan fingerprint density at radius 1 is 0.875 bits per heavy atom. The van der Waals surface area contributed by atoms with Crippen LogP contribution in [-0.2, 0) is 14.3 Å². The van der Waals surface area contributed by atoms with Crippen molar-refractivity contribution in [1.29, 1.82) is 0 Å². The maximum Gasteiger partial charge on any atom is 1.00 e. The molecule has 1 aliphatic carbocycles. The molecule has 0 aliphatic heterocycles. The summed E-state index contributed by atoms with van der Waals surface area (Å²) in [6.45, 7) is 2.65. The number of carbonyl (C=O) groups excluding carboxylic acids is 2. The summed E-state index contributed by atoms with van der Waals surface area (Å²) in [6.07, 6.45) is 13.9. The van der Waals surface area contributed by atoms with Gasteiger partial charge in [0.25, 0.3) is 0 Å². The largest absolute Gasteiger partial charge is 1.00 e. The summed E-state index contributed by atoms with van der Waals surface area (Å²) < 4.78 is 5.29. The van der Waals surface area contributed by atoms with Crippen LogP contribution in [0.1, 0.15) is 90.4 Å². The van der Waals surface area contributed by atoms with Crippen LogP contribution in [0.25, 0.3) is 0 Å². The first-order valence-corrected chi connectivity index (χ1v) is 9.54. The number of rotatable bonds is 12. The molecular formula is C19H33NaO4. The molecule has 2 unspecified atom stereocenters. The molecule has 1 rings (SSSR count). The Hall–Kier alpha value is -0.0600. The molecule has 0 spiro atoms. The predicted molar refractivity (Wildman–Crippen MR) is 88.6 cm³/mol.